The fraction of sp³-hybridized carbons (Fsp3) is 0.500. The zero-order valence-corrected chi connectivity index (χ0v) is 11.4. The predicted molar refractivity (Wildman–Crippen MR) is 70.4 cm³/mol. The number of benzene rings is 1. The minimum atomic E-state index is -0.177. The largest absolute Gasteiger partial charge is 0.504 e. The summed E-state index contributed by atoms with van der Waals surface area (Å²) in [5.41, 5.74) is 3.16. The molecule has 2 atom stereocenters. The number of carbonyl (C=O) groups is 1. The number of rotatable bonds is 1. The number of hydrogen-bond donors (Lipinski definition) is 2. The lowest BCUT2D eigenvalue weighted by atomic mass is 9.84. The van der Waals surface area contributed by atoms with Crippen molar-refractivity contribution in [2.45, 2.75) is 25.4 Å². The summed E-state index contributed by atoms with van der Waals surface area (Å²) in [5, 5.41) is 13.4. The maximum atomic E-state index is 12.0. The van der Waals surface area contributed by atoms with Gasteiger partial charge in [-0.1, -0.05) is 0 Å². The van der Waals surface area contributed by atoms with Crippen LogP contribution in [0.15, 0.2) is 6.07 Å². The van der Waals surface area contributed by atoms with Crippen LogP contribution in [0.1, 0.15) is 22.7 Å². The van der Waals surface area contributed by atoms with E-state index in [0.717, 1.165) is 16.7 Å². The summed E-state index contributed by atoms with van der Waals surface area (Å²) in [4.78, 5) is 13.8. The van der Waals surface area contributed by atoms with Crippen LogP contribution in [0.4, 0.5) is 0 Å². The molecule has 1 aromatic carbocycles. The van der Waals surface area contributed by atoms with Crippen molar-refractivity contribution in [3.63, 3.8) is 0 Å². The van der Waals surface area contributed by atoms with E-state index in [1.165, 1.54) is 0 Å². The standard InChI is InChI=1S/C14H18N2O3/c1-7-12-8(5-11(17)13(7)19-3)4-9-14(18)16(2)6-10(12)15-9/h5,9-10,15,17H,4,6H2,1-3H3/t9-,10-/m0/s1. The van der Waals surface area contributed by atoms with Gasteiger partial charge in [0, 0.05) is 13.6 Å². The molecular formula is C14H18N2O3. The molecule has 102 valence electrons. The van der Waals surface area contributed by atoms with Gasteiger partial charge >= 0.3 is 0 Å². The van der Waals surface area contributed by atoms with Crippen LogP contribution in [0, 0.1) is 6.92 Å². The van der Waals surface area contributed by atoms with Crippen molar-refractivity contribution in [3.05, 3.63) is 22.8 Å². The smallest absolute Gasteiger partial charge is 0.239 e. The van der Waals surface area contributed by atoms with Gasteiger partial charge in [-0.25, -0.2) is 0 Å². The minimum Gasteiger partial charge on any atom is -0.504 e. The first kappa shape index (κ1) is 12.3. The molecule has 1 aromatic rings. The lowest BCUT2D eigenvalue weighted by molar-refractivity contribution is -0.135. The number of fused-ring (bicyclic) bond motifs is 4. The van der Waals surface area contributed by atoms with E-state index < -0.39 is 0 Å². The van der Waals surface area contributed by atoms with Crippen molar-refractivity contribution in [1.29, 1.82) is 0 Å². The number of phenolic OH excluding ortho intramolecular Hbond substituents is 1. The lowest BCUT2D eigenvalue weighted by Crippen LogP contribution is -2.58. The highest BCUT2D eigenvalue weighted by Crippen LogP contribution is 2.41. The highest BCUT2D eigenvalue weighted by Gasteiger charge is 2.39. The number of ether oxygens (including phenoxy) is 1. The van der Waals surface area contributed by atoms with Crippen molar-refractivity contribution in [2.75, 3.05) is 20.7 Å². The van der Waals surface area contributed by atoms with Gasteiger partial charge in [-0.3, -0.25) is 10.1 Å². The molecule has 5 heteroatoms. The van der Waals surface area contributed by atoms with Crippen LogP contribution in [0.3, 0.4) is 0 Å². The Hall–Kier alpha value is -1.75. The molecule has 2 bridgehead atoms. The Balaban J connectivity index is 2.14. The van der Waals surface area contributed by atoms with E-state index in [1.807, 2.05) is 14.0 Å². The first-order valence-electron chi connectivity index (χ1n) is 6.43. The summed E-state index contributed by atoms with van der Waals surface area (Å²) in [5.74, 6) is 0.799. The van der Waals surface area contributed by atoms with Crippen LogP contribution in [0.5, 0.6) is 11.5 Å². The Morgan fingerprint density at radius 1 is 1.47 bits per heavy atom. The number of carbonyl (C=O) groups excluding carboxylic acids is 1. The van der Waals surface area contributed by atoms with Crippen LogP contribution in [-0.2, 0) is 11.2 Å². The third-order valence-electron chi connectivity index (χ3n) is 4.14. The van der Waals surface area contributed by atoms with Crippen molar-refractivity contribution in [3.8, 4) is 11.5 Å². The average Bonchev–Trinajstić information content (AvgIpc) is 2.35. The van der Waals surface area contributed by atoms with E-state index in [0.29, 0.717) is 18.7 Å². The molecule has 0 aliphatic carbocycles. The van der Waals surface area contributed by atoms with Gasteiger partial charge in [-0.05, 0) is 36.1 Å². The van der Waals surface area contributed by atoms with E-state index in [-0.39, 0.29) is 23.7 Å². The Morgan fingerprint density at radius 2 is 2.21 bits per heavy atom. The van der Waals surface area contributed by atoms with E-state index >= 15 is 0 Å². The topological polar surface area (TPSA) is 61.8 Å². The van der Waals surface area contributed by atoms with E-state index in [4.69, 9.17) is 4.74 Å². The molecule has 3 rings (SSSR count). The molecule has 2 N–H and O–H groups in total. The summed E-state index contributed by atoms with van der Waals surface area (Å²) < 4.78 is 5.27. The number of methoxy groups -OCH3 is 1. The van der Waals surface area contributed by atoms with Crippen molar-refractivity contribution >= 4 is 5.91 Å². The van der Waals surface area contributed by atoms with Gasteiger partial charge in [0.05, 0.1) is 19.2 Å². The number of aromatic hydroxyl groups is 1. The number of amides is 1. The minimum absolute atomic E-state index is 0.117. The van der Waals surface area contributed by atoms with Crippen molar-refractivity contribution in [1.82, 2.24) is 10.2 Å². The molecule has 1 saturated heterocycles. The Bertz CT molecular complexity index is 556. The molecule has 0 radical (unpaired) electrons. The fourth-order valence-corrected chi connectivity index (χ4v) is 3.31. The fourth-order valence-electron chi connectivity index (χ4n) is 3.31. The second-order valence-corrected chi connectivity index (χ2v) is 5.32. The predicted octanol–water partition coefficient (Wildman–Crippen LogP) is 0.737. The van der Waals surface area contributed by atoms with Crippen LogP contribution in [0.25, 0.3) is 0 Å². The van der Waals surface area contributed by atoms with Gasteiger partial charge in [-0.15, -0.1) is 0 Å². The molecule has 2 heterocycles. The summed E-state index contributed by atoms with van der Waals surface area (Å²) in [7, 11) is 3.39. The van der Waals surface area contributed by atoms with Gasteiger partial charge in [0.2, 0.25) is 5.91 Å². The van der Waals surface area contributed by atoms with Crippen LogP contribution < -0.4 is 10.1 Å². The molecule has 2 aliphatic rings. The van der Waals surface area contributed by atoms with E-state index in [1.54, 1.807) is 18.1 Å². The van der Waals surface area contributed by atoms with Crippen molar-refractivity contribution in [2.24, 2.45) is 0 Å². The molecule has 1 fully saturated rings. The molecule has 19 heavy (non-hydrogen) atoms. The van der Waals surface area contributed by atoms with Gasteiger partial charge in [0.1, 0.15) is 0 Å². The monoisotopic (exact) mass is 262 g/mol. The zero-order chi connectivity index (χ0) is 13.7. The molecule has 0 aromatic heterocycles. The number of phenols is 1. The van der Waals surface area contributed by atoms with E-state index in [2.05, 4.69) is 5.32 Å². The third kappa shape index (κ3) is 1.69. The maximum Gasteiger partial charge on any atom is 0.239 e. The number of nitrogens with one attached hydrogen (secondary N) is 1. The quantitative estimate of drug-likeness (QED) is 0.783. The normalized spacial score (nSPS) is 25.2. The van der Waals surface area contributed by atoms with Crippen LogP contribution >= 0.6 is 0 Å². The first-order chi connectivity index (χ1) is 9.02. The van der Waals surface area contributed by atoms with Gasteiger partial charge < -0.3 is 14.7 Å². The summed E-state index contributed by atoms with van der Waals surface area (Å²) in [6.07, 6.45) is 0.618. The molecule has 0 spiro atoms. The number of nitrogens with zero attached hydrogens (tertiary/aromatic N) is 1. The number of piperazine rings is 1. The summed E-state index contributed by atoms with van der Waals surface area (Å²) in [6.45, 7) is 2.60. The maximum absolute atomic E-state index is 12.0. The van der Waals surface area contributed by atoms with Gasteiger partial charge in [0.15, 0.2) is 11.5 Å². The highest BCUT2D eigenvalue weighted by molar-refractivity contribution is 5.84. The van der Waals surface area contributed by atoms with Gasteiger partial charge in [-0.2, -0.15) is 0 Å². The number of hydrogen-bond acceptors (Lipinski definition) is 4. The second kappa shape index (κ2) is 4.13. The molecule has 0 saturated carbocycles. The molecule has 5 nitrogen and oxygen atoms in total. The Labute approximate surface area is 112 Å². The summed E-state index contributed by atoms with van der Waals surface area (Å²) >= 11 is 0. The Kier molecular flexibility index (Phi) is 2.67. The summed E-state index contributed by atoms with van der Waals surface area (Å²) in [6, 6.07) is 1.68. The molecule has 2 aliphatic heterocycles. The molecular weight excluding hydrogens is 244 g/mol. The zero-order valence-electron chi connectivity index (χ0n) is 11.4. The SMILES string of the molecule is COc1c(O)cc2c(c1C)[C@@H]1CN(C)C(=O)[C@H](C2)N1. The van der Waals surface area contributed by atoms with E-state index in [9.17, 15) is 9.90 Å². The van der Waals surface area contributed by atoms with Gasteiger partial charge in [0.25, 0.3) is 0 Å². The van der Waals surface area contributed by atoms with Crippen molar-refractivity contribution < 1.29 is 14.6 Å². The molecule has 0 unspecified atom stereocenters. The Morgan fingerprint density at radius 3 is 2.89 bits per heavy atom. The van der Waals surface area contributed by atoms with Crippen LogP contribution in [0.2, 0.25) is 0 Å². The molecule has 1 amide bonds. The average molecular weight is 262 g/mol. The second-order valence-electron chi connectivity index (χ2n) is 5.32. The highest BCUT2D eigenvalue weighted by atomic mass is 16.5. The third-order valence-corrected chi connectivity index (χ3v) is 4.14. The first-order valence-corrected chi connectivity index (χ1v) is 6.43. The number of likely N-dealkylation sites (N-methyl/N-ethyl adjacent to an activating group) is 1. The van der Waals surface area contributed by atoms with Crippen LogP contribution in [-0.4, -0.2) is 42.7 Å². The lowest BCUT2D eigenvalue weighted by Gasteiger charge is -2.42.